The van der Waals surface area contributed by atoms with Crippen LogP contribution in [0.2, 0.25) is 0 Å². The summed E-state index contributed by atoms with van der Waals surface area (Å²) in [6, 6.07) is 0. The highest BCUT2D eigenvalue weighted by molar-refractivity contribution is 5.75. The molecule has 0 aromatic rings. The number of carbonyl (C=O) groups is 1. The standard InChI is InChI=1S/C14HF27O2.C4H12N/c15-2(16,1(42)43)3(17,18)4(19,20)5(21,22)6(23,24)7(25,26)8(27,28)9(29,30)10(31,32)11(33,34)12(35,36)13(37,38)14(39,40)41;1-5(2,3)4/h(H,42,43);1-4H3/q;+1/p-1. The molecular weight excluding hydrogens is 775 g/mol. The zero-order valence-electron chi connectivity index (χ0n) is 22.5. The lowest BCUT2D eigenvalue weighted by atomic mass is 9.84. The monoisotopic (exact) mass is 787 g/mol. The lowest BCUT2D eigenvalue weighted by Gasteiger charge is -2.46. The van der Waals surface area contributed by atoms with Crippen LogP contribution in [0.3, 0.4) is 0 Å². The number of nitrogens with zero attached hydrogens (tertiary/aromatic N) is 1. The lowest BCUT2D eigenvalue weighted by Crippen LogP contribution is -2.79. The number of carboxylic acids is 1. The van der Waals surface area contributed by atoms with E-state index in [-0.39, 0.29) is 0 Å². The molecule has 0 radical (unpaired) electrons. The second kappa shape index (κ2) is 11.8. The van der Waals surface area contributed by atoms with Crippen LogP contribution < -0.4 is 5.11 Å². The summed E-state index contributed by atoms with van der Waals surface area (Å²) in [7, 11) is 8.50. The Bertz CT molecular complexity index is 1150. The van der Waals surface area contributed by atoms with E-state index in [1.54, 1.807) is 0 Å². The van der Waals surface area contributed by atoms with Crippen molar-refractivity contribution in [2.24, 2.45) is 0 Å². The molecule has 0 rings (SSSR count). The van der Waals surface area contributed by atoms with Gasteiger partial charge in [-0.15, -0.1) is 0 Å². The minimum Gasteiger partial charge on any atom is -0.544 e. The SMILES string of the molecule is C[N+](C)(C)C.O=C([O-])C(F)(F)C(F)(F)C(F)(F)C(F)(F)C(F)(F)C(F)(F)C(F)(F)C(F)(F)C(F)(F)C(F)(F)C(F)(F)C(F)(F)C(F)(F)F. The van der Waals surface area contributed by atoms with Gasteiger partial charge in [0.05, 0.1) is 28.2 Å². The summed E-state index contributed by atoms with van der Waals surface area (Å²) in [5.41, 5.74) is 0. The molecule has 0 aromatic carbocycles. The van der Waals surface area contributed by atoms with Crippen molar-refractivity contribution in [1.29, 1.82) is 0 Å². The summed E-state index contributed by atoms with van der Waals surface area (Å²) in [6.45, 7) is 0. The number of hydrogen-bond donors (Lipinski definition) is 0. The third-order valence-corrected chi connectivity index (χ3v) is 4.95. The van der Waals surface area contributed by atoms with E-state index in [1.165, 1.54) is 0 Å². The minimum atomic E-state index is -9.87. The minimum absolute atomic E-state index is 1.00. The van der Waals surface area contributed by atoms with Gasteiger partial charge in [0.25, 0.3) is 0 Å². The average Bonchev–Trinajstić information content (AvgIpc) is 2.80. The Morgan fingerprint density at radius 3 is 0.583 bits per heavy atom. The molecule has 0 bridgehead atoms. The highest BCUT2D eigenvalue weighted by Crippen LogP contribution is 2.68. The maximum absolute atomic E-state index is 13.5. The van der Waals surface area contributed by atoms with Crippen LogP contribution in [-0.4, -0.2) is 116 Å². The van der Waals surface area contributed by atoms with Gasteiger partial charge < -0.3 is 14.4 Å². The highest BCUT2D eigenvalue weighted by Gasteiger charge is 3.00. The smallest absolute Gasteiger partial charge is 0.460 e. The molecule has 0 spiro atoms. The van der Waals surface area contributed by atoms with E-state index in [4.69, 9.17) is 0 Å². The molecule has 0 aliphatic heterocycles. The largest absolute Gasteiger partial charge is 0.544 e. The summed E-state index contributed by atoms with van der Waals surface area (Å²) < 4.78 is 355. The Hall–Kier alpha value is -2.46. The number of halogens is 27. The van der Waals surface area contributed by atoms with Crippen LogP contribution >= 0.6 is 0 Å². The predicted octanol–water partition coefficient (Wildman–Crippen LogP) is 7.24. The van der Waals surface area contributed by atoms with Gasteiger partial charge in [0.1, 0.15) is 5.97 Å². The number of aliphatic carboxylic acids is 1. The molecular formula is C18H12F27NO2. The first-order valence-electron chi connectivity index (χ1n) is 10.5. The topological polar surface area (TPSA) is 40.1 Å². The molecule has 0 saturated heterocycles. The average molecular weight is 787 g/mol. The highest BCUT2D eigenvalue weighted by atomic mass is 19.4. The van der Waals surface area contributed by atoms with Crippen LogP contribution in [0.4, 0.5) is 119 Å². The number of quaternary nitrogens is 1. The molecule has 0 saturated carbocycles. The van der Waals surface area contributed by atoms with Crippen molar-refractivity contribution in [3.63, 3.8) is 0 Å². The number of carboxylic acid groups (broad SMARTS) is 1. The Morgan fingerprint density at radius 1 is 0.333 bits per heavy atom. The Labute approximate surface area is 245 Å². The fraction of sp³-hybridized carbons (Fsp3) is 0.944. The van der Waals surface area contributed by atoms with E-state index >= 15 is 0 Å². The van der Waals surface area contributed by atoms with Crippen LogP contribution in [0.15, 0.2) is 0 Å². The summed E-state index contributed by atoms with van der Waals surface area (Å²) in [5.74, 6) is -117. The van der Waals surface area contributed by atoms with E-state index in [2.05, 4.69) is 28.2 Å². The maximum Gasteiger partial charge on any atom is 0.460 e. The van der Waals surface area contributed by atoms with Gasteiger partial charge in [-0.2, -0.15) is 119 Å². The molecule has 0 aliphatic rings. The van der Waals surface area contributed by atoms with Gasteiger partial charge >= 0.3 is 77.2 Å². The quantitative estimate of drug-likeness (QED) is 0.155. The maximum atomic E-state index is 13.5. The Morgan fingerprint density at radius 2 is 0.458 bits per heavy atom. The second-order valence-electron chi connectivity index (χ2n) is 10.4. The predicted molar refractivity (Wildman–Crippen MR) is 94.4 cm³/mol. The molecule has 0 aliphatic carbocycles. The van der Waals surface area contributed by atoms with Crippen LogP contribution in [-0.2, 0) is 4.79 Å². The first-order valence-corrected chi connectivity index (χ1v) is 10.5. The zero-order valence-corrected chi connectivity index (χ0v) is 22.5. The number of carbonyl (C=O) groups excluding carboxylic acids is 1. The van der Waals surface area contributed by atoms with E-state index < -0.39 is 83.2 Å². The van der Waals surface area contributed by atoms with Crippen molar-refractivity contribution < 1.29 is 133 Å². The summed E-state index contributed by atoms with van der Waals surface area (Å²) in [4.78, 5) is 9.78. The van der Waals surface area contributed by atoms with Crippen molar-refractivity contribution in [3.05, 3.63) is 0 Å². The van der Waals surface area contributed by atoms with Crippen molar-refractivity contribution in [1.82, 2.24) is 0 Å². The van der Waals surface area contributed by atoms with Crippen LogP contribution in [0.25, 0.3) is 0 Å². The molecule has 30 heteroatoms. The van der Waals surface area contributed by atoms with Crippen molar-refractivity contribution in [3.8, 4) is 0 Å². The van der Waals surface area contributed by atoms with Crippen molar-refractivity contribution >= 4 is 5.97 Å². The van der Waals surface area contributed by atoms with E-state index in [0.29, 0.717) is 0 Å². The fourth-order valence-corrected chi connectivity index (χ4v) is 2.28. The third kappa shape index (κ3) is 6.33. The van der Waals surface area contributed by atoms with Gasteiger partial charge in [-0.25, -0.2) is 0 Å². The molecule has 0 amide bonds. The normalized spacial score (nSPS) is 16.4. The number of hydrogen-bond acceptors (Lipinski definition) is 2. The van der Waals surface area contributed by atoms with E-state index in [1.807, 2.05) is 0 Å². The molecule has 48 heavy (non-hydrogen) atoms. The van der Waals surface area contributed by atoms with Gasteiger partial charge in [0.15, 0.2) is 0 Å². The van der Waals surface area contributed by atoms with Crippen molar-refractivity contribution in [2.45, 2.75) is 77.2 Å². The molecule has 0 atom stereocenters. The molecule has 0 aromatic heterocycles. The van der Waals surface area contributed by atoms with Gasteiger partial charge in [-0.05, 0) is 0 Å². The van der Waals surface area contributed by atoms with Crippen molar-refractivity contribution in [2.75, 3.05) is 28.2 Å². The van der Waals surface area contributed by atoms with Crippen LogP contribution in [0.5, 0.6) is 0 Å². The number of alkyl halides is 27. The van der Waals surface area contributed by atoms with Crippen LogP contribution in [0, 0.1) is 0 Å². The first kappa shape index (κ1) is 47.7. The zero-order chi connectivity index (χ0) is 40.6. The summed E-state index contributed by atoms with van der Waals surface area (Å²) >= 11 is 0. The van der Waals surface area contributed by atoms with Gasteiger partial charge in [0.2, 0.25) is 0 Å². The Balaban J connectivity index is 0. The van der Waals surface area contributed by atoms with Crippen LogP contribution in [0.1, 0.15) is 0 Å². The fourth-order valence-electron chi connectivity index (χ4n) is 2.28. The summed E-state index contributed by atoms with van der Waals surface area (Å²) in [5, 5.41) is 9.78. The first-order chi connectivity index (χ1) is 19.9. The molecule has 0 heterocycles. The molecule has 0 N–H and O–H groups in total. The second-order valence-corrected chi connectivity index (χ2v) is 10.4. The van der Waals surface area contributed by atoms with Gasteiger partial charge in [0, 0.05) is 0 Å². The molecule has 0 unspecified atom stereocenters. The van der Waals surface area contributed by atoms with E-state index in [0.717, 1.165) is 4.48 Å². The Kier molecular flexibility index (Phi) is 11.7. The summed E-state index contributed by atoms with van der Waals surface area (Å²) in [6.07, 6.45) is -8.27. The molecule has 0 fully saturated rings. The lowest BCUT2D eigenvalue weighted by molar-refractivity contribution is -0.849. The number of rotatable bonds is 12. The molecule has 3 nitrogen and oxygen atoms in total. The molecule has 290 valence electrons. The van der Waals surface area contributed by atoms with E-state index in [9.17, 15) is 128 Å². The third-order valence-electron chi connectivity index (χ3n) is 4.95. The van der Waals surface area contributed by atoms with Gasteiger partial charge in [-0.3, -0.25) is 0 Å². The van der Waals surface area contributed by atoms with Gasteiger partial charge in [-0.1, -0.05) is 0 Å².